The molecule has 5 rings (SSSR count). The molecular weight excluding hydrogens is 563 g/mol. The lowest BCUT2D eigenvalue weighted by Crippen LogP contribution is -2.35. The normalized spacial score (nSPS) is 15.4. The van der Waals surface area contributed by atoms with E-state index in [1.807, 2.05) is 0 Å². The van der Waals surface area contributed by atoms with Crippen LogP contribution in [0.3, 0.4) is 0 Å². The minimum absolute atomic E-state index is 0.172. The molecule has 0 amide bonds. The Morgan fingerprint density at radius 1 is 0.683 bits per heavy atom. The second-order valence-corrected chi connectivity index (χ2v) is 9.63. The average molecular weight is 584 g/mol. The molecule has 0 spiro atoms. The molecule has 3 heterocycles. The molecule has 0 bridgehead atoms. The molecule has 0 saturated carbocycles. The van der Waals surface area contributed by atoms with E-state index in [9.17, 15) is 39.5 Å². The van der Waals surface area contributed by atoms with E-state index in [0.29, 0.717) is 35.5 Å². The minimum atomic E-state index is -4.57. The first-order chi connectivity index (χ1) is 19.2. The molecule has 0 unspecified atom stereocenters. The summed E-state index contributed by atoms with van der Waals surface area (Å²) in [5.41, 5.74) is -1.35. The number of hydrogen-bond acceptors (Lipinski definition) is 3. The lowest BCUT2D eigenvalue weighted by atomic mass is 9.96. The van der Waals surface area contributed by atoms with Gasteiger partial charge in [-0.3, -0.25) is 0 Å². The molecule has 0 aliphatic carbocycles. The van der Waals surface area contributed by atoms with Crippen molar-refractivity contribution in [1.29, 1.82) is 0 Å². The van der Waals surface area contributed by atoms with Gasteiger partial charge in [-0.15, -0.1) is 0 Å². The van der Waals surface area contributed by atoms with Gasteiger partial charge in [-0.2, -0.15) is 39.5 Å². The van der Waals surface area contributed by atoms with Crippen molar-refractivity contribution in [3.05, 3.63) is 89.4 Å². The second-order valence-electron chi connectivity index (χ2n) is 9.63. The van der Waals surface area contributed by atoms with Crippen LogP contribution < -0.4 is 4.90 Å². The second kappa shape index (κ2) is 10.4. The molecule has 1 aliphatic rings. The van der Waals surface area contributed by atoms with Crippen LogP contribution in [0, 0.1) is 0 Å². The number of alkyl halides is 9. The van der Waals surface area contributed by atoms with E-state index in [0.717, 1.165) is 30.3 Å². The number of imidazole rings is 1. The maximum absolute atomic E-state index is 13.5. The third kappa shape index (κ3) is 6.03. The highest BCUT2D eigenvalue weighted by Crippen LogP contribution is 2.40. The molecule has 1 N–H and O–H groups in total. The molecule has 0 radical (unpaired) electrons. The molecule has 1 aliphatic heterocycles. The van der Waals surface area contributed by atoms with Gasteiger partial charge >= 0.3 is 18.5 Å². The molecule has 41 heavy (non-hydrogen) atoms. The average Bonchev–Trinajstić information content (AvgIpc) is 3.37. The van der Waals surface area contributed by atoms with E-state index < -0.39 is 35.2 Å². The lowest BCUT2D eigenvalue weighted by molar-refractivity contribution is -0.138. The van der Waals surface area contributed by atoms with Gasteiger partial charge in [0.2, 0.25) is 0 Å². The summed E-state index contributed by atoms with van der Waals surface area (Å²) in [4.78, 5) is 13.2. The van der Waals surface area contributed by atoms with E-state index in [1.165, 1.54) is 41.4 Å². The molecule has 0 atom stereocenters. The Morgan fingerprint density at radius 2 is 1.22 bits per heavy atom. The molecule has 2 aromatic carbocycles. The highest BCUT2D eigenvalue weighted by Gasteiger charge is 2.37. The largest absolute Gasteiger partial charge is 0.419 e. The smallest absolute Gasteiger partial charge is 0.356 e. The fraction of sp³-hybridized carbons (Fsp3) is 0.286. The van der Waals surface area contributed by atoms with Crippen LogP contribution in [-0.2, 0) is 18.5 Å². The van der Waals surface area contributed by atoms with Crippen LogP contribution in [0.25, 0.3) is 22.5 Å². The zero-order valence-electron chi connectivity index (χ0n) is 21.0. The molecule has 4 aromatic rings. The van der Waals surface area contributed by atoms with Crippen LogP contribution in [0.2, 0.25) is 0 Å². The van der Waals surface area contributed by atoms with Crippen molar-refractivity contribution in [2.24, 2.45) is 0 Å². The van der Waals surface area contributed by atoms with Gasteiger partial charge in [-0.1, -0.05) is 24.3 Å². The van der Waals surface area contributed by atoms with Crippen LogP contribution in [-0.4, -0.2) is 28.0 Å². The molecular formula is C28H21F9N4. The molecule has 1 saturated heterocycles. The van der Waals surface area contributed by atoms with Gasteiger partial charge in [-0.25, -0.2) is 9.97 Å². The summed E-state index contributed by atoms with van der Waals surface area (Å²) in [6.45, 7) is 0.466. The number of anilines is 1. The number of hydrogen-bond donors (Lipinski definition) is 1. The molecule has 216 valence electrons. The Balaban J connectivity index is 1.46. The Kier molecular flexibility index (Phi) is 7.24. The van der Waals surface area contributed by atoms with Gasteiger partial charge in [0.25, 0.3) is 0 Å². The number of aromatic amines is 1. The Labute approximate surface area is 227 Å². The Hall–Kier alpha value is -4.03. The van der Waals surface area contributed by atoms with Crippen molar-refractivity contribution in [2.45, 2.75) is 37.3 Å². The first-order valence-electron chi connectivity index (χ1n) is 12.4. The number of nitrogens with one attached hydrogen (secondary N) is 1. The quantitative estimate of drug-likeness (QED) is 0.245. The van der Waals surface area contributed by atoms with Crippen molar-refractivity contribution in [3.63, 3.8) is 0 Å². The zero-order valence-corrected chi connectivity index (χ0v) is 21.0. The Bertz CT molecular complexity index is 1420. The predicted octanol–water partition coefficient (Wildman–Crippen LogP) is 8.58. The summed E-state index contributed by atoms with van der Waals surface area (Å²) >= 11 is 0. The molecule has 13 heteroatoms. The molecule has 4 nitrogen and oxygen atoms in total. The van der Waals surface area contributed by atoms with E-state index in [-0.39, 0.29) is 30.5 Å². The standard InChI is InChI=1S/C28H21F9N4/c29-26(30,31)19-7-3-16(4-8-19)22-23(17-5-9-20(10-6-17)27(32,33)34)40-24(39-22)18-11-14-41(15-12-18)25-21(28(35,36)37)2-1-13-38-25/h1-10,13,18H,11-12,14-15H2,(H,39,40). The van der Waals surface area contributed by atoms with Crippen LogP contribution >= 0.6 is 0 Å². The van der Waals surface area contributed by atoms with Gasteiger partial charge in [0.05, 0.1) is 28.1 Å². The van der Waals surface area contributed by atoms with Crippen molar-refractivity contribution in [2.75, 3.05) is 18.0 Å². The summed E-state index contributed by atoms with van der Waals surface area (Å²) in [5, 5.41) is 0. The number of H-pyrrole nitrogens is 1. The fourth-order valence-electron chi connectivity index (χ4n) is 4.88. The topological polar surface area (TPSA) is 44.8 Å². The Morgan fingerprint density at radius 3 is 1.73 bits per heavy atom. The van der Waals surface area contributed by atoms with E-state index in [4.69, 9.17) is 0 Å². The zero-order chi connectivity index (χ0) is 29.6. The third-order valence-corrected chi connectivity index (χ3v) is 6.98. The first kappa shape index (κ1) is 28.5. The van der Waals surface area contributed by atoms with Gasteiger partial charge in [0.15, 0.2) is 0 Å². The van der Waals surface area contributed by atoms with Crippen molar-refractivity contribution in [1.82, 2.24) is 15.0 Å². The van der Waals surface area contributed by atoms with Crippen LogP contribution in [0.1, 0.15) is 41.3 Å². The monoisotopic (exact) mass is 584 g/mol. The van der Waals surface area contributed by atoms with E-state index in [2.05, 4.69) is 15.0 Å². The summed E-state index contributed by atoms with van der Waals surface area (Å²) in [6, 6.07) is 10.7. The fourth-order valence-corrected chi connectivity index (χ4v) is 4.88. The summed E-state index contributed by atoms with van der Waals surface area (Å²) in [5.74, 6) is 0.0148. The number of piperidine rings is 1. The van der Waals surface area contributed by atoms with Crippen LogP contribution in [0.5, 0.6) is 0 Å². The highest BCUT2D eigenvalue weighted by atomic mass is 19.4. The van der Waals surface area contributed by atoms with Crippen molar-refractivity contribution in [3.8, 4) is 22.5 Å². The summed E-state index contributed by atoms with van der Waals surface area (Å²) in [7, 11) is 0. The number of benzene rings is 2. The molecule has 1 fully saturated rings. The summed E-state index contributed by atoms with van der Waals surface area (Å²) in [6.07, 6.45) is -11.6. The number of aromatic nitrogens is 3. The first-order valence-corrected chi connectivity index (χ1v) is 12.4. The van der Waals surface area contributed by atoms with E-state index in [1.54, 1.807) is 0 Å². The lowest BCUT2D eigenvalue weighted by Gasteiger charge is -2.33. The number of nitrogens with zero attached hydrogens (tertiary/aromatic N) is 3. The van der Waals surface area contributed by atoms with Gasteiger partial charge in [-0.05, 0) is 49.2 Å². The SMILES string of the molecule is FC(F)(F)c1ccc(-c2nc(C3CCN(c4ncccc4C(F)(F)F)CC3)[nH]c2-c2ccc(C(F)(F)F)cc2)cc1. The third-order valence-electron chi connectivity index (χ3n) is 6.98. The maximum atomic E-state index is 13.5. The van der Waals surface area contributed by atoms with Gasteiger partial charge in [0, 0.05) is 36.3 Å². The van der Waals surface area contributed by atoms with Gasteiger partial charge < -0.3 is 9.88 Å². The maximum Gasteiger partial charge on any atom is 0.419 e. The van der Waals surface area contributed by atoms with Gasteiger partial charge in [0.1, 0.15) is 11.6 Å². The van der Waals surface area contributed by atoms with Crippen LogP contribution in [0.15, 0.2) is 66.9 Å². The minimum Gasteiger partial charge on any atom is -0.356 e. The molecule has 2 aromatic heterocycles. The number of rotatable bonds is 4. The number of pyridine rings is 1. The van der Waals surface area contributed by atoms with Crippen molar-refractivity contribution >= 4 is 5.82 Å². The summed E-state index contributed by atoms with van der Waals surface area (Å²) < 4.78 is 119. The van der Waals surface area contributed by atoms with Crippen molar-refractivity contribution < 1.29 is 39.5 Å². The number of halogens is 9. The van der Waals surface area contributed by atoms with Crippen LogP contribution in [0.4, 0.5) is 45.3 Å². The highest BCUT2D eigenvalue weighted by molar-refractivity contribution is 5.79. The predicted molar refractivity (Wildman–Crippen MR) is 133 cm³/mol. The van der Waals surface area contributed by atoms with E-state index >= 15 is 0 Å².